The van der Waals surface area contributed by atoms with Crippen molar-refractivity contribution in [2.24, 2.45) is 0 Å². The summed E-state index contributed by atoms with van der Waals surface area (Å²) in [5.41, 5.74) is 2.02. The Morgan fingerprint density at radius 3 is 2.48 bits per heavy atom. The number of halogens is 3. The Kier molecular flexibility index (Phi) is 9.04. The molecule has 1 saturated carbocycles. The third-order valence-corrected chi connectivity index (χ3v) is 5.30. The van der Waals surface area contributed by atoms with Gasteiger partial charge in [-0.25, -0.2) is 0 Å². The summed E-state index contributed by atoms with van der Waals surface area (Å²) < 4.78 is 11.7. The Morgan fingerprint density at radius 1 is 1.04 bits per heavy atom. The SMILES string of the molecule is CCOc1cc(CNC2CCCC2)cc(Cl)c1OCc1ccccc1Cl.[Cl-]. The van der Waals surface area contributed by atoms with E-state index >= 15 is 0 Å². The van der Waals surface area contributed by atoms with E-state index in [0.29, 0.717) is 40.8 Å². The fraction of sp³-hybridized carbons (Fsp3) is 0.429. The summed E-state index contributed by atoms with van der Waals surface area (Å²) in [4.78, 5) is 0. The number of benzene rings is 2. The minimum atomic E-state index is 0. The van der Waals surface area contributed by atoms with Crippen LogP contribution in [0, 0.1) is 0 Å². The van der Waals surface area contributed by atoms with Crippen molar-refractivity contribution in [1.29, 1.82) is 0 Å². The van der Waals surface area contributed by atoms with Gasteiger partial charge in [-0.15, -0.1) is 0 Å². The van der Waals surface area contributed by atoms with E-state index in [-0.39, 0.29) is 12.4 Å². The molecule has 1 aliphatic carbocycles. The molecule has 0 bridgehead atoms. The molecule has 0 aromatic heterocycles. The van der Waals surface area contributed by atoms with Gasteiger partial charge in [0.05, 0.1) is 11.6 Å². The van der Waals surface area contributed by atoms with E-state index in [1.54, 1.807) is 0 Å². The van der Waals surface area contributed by atoms with Crippen LogP contribution in [-0.4, -0.2) is 12.6 Å². The number of ether oxygens (including phenoxy) is 2. The van der Waals surface area contributed by atoms with E-state index in [0.717, 1.165) is 17.7 Å². The predicted molar refractivity (Wildman–Crippen MR) is 108 cm³/mol. The number of nitrogens with one attached hydrogen (secondary N) is 1. The van der Waals surface area contributed by atoms with Gasteiger partial charge in [0.1, 0.15) is 6.61 Å². The molecule has 2 aromatic carbocycles. The van der Waals surface area contributed by atoms with Crippen LogP contribution in [0.5, 0.6) is 11.5 Å². The van der Waals surface area contributed by atoms with Crippen molar-refractivity contribution in [3.05, 3.63) is 57.6 Å². The number of rotatable bonds is 8. The molecule has 0 spiro atoms. The predicted octanol–water partition coefficient (Wildman–Crippen LogP) is 3.01. The van der Waals surface area contributed by atoms with Crippen molar-refractivity contribution in [1.82, 2.24) is 5.32 Å². The van der Waals surface area contributed by atoms with Crippen molar-refractivity contribution >= 4 is 23.2 Å². The fourth-order valence-electron chi connectivity index (χ4n) is 3.28. The van der Waals surface area contributed by atoms with Gasteiger partial charge in [-0.05, 0) is 43.5 Å². The molecule has 1 N–H and O–H groups in total. The maximum absolute atomic E-state index is 6.51. The Hall–Kier alpha value is -1.13. The maximum atomic E-state index is 6.51. The van der Waals surface area contributed by atoms with Crippen molar-refractivity contribution in [3.63, 3.8) is 0 Å². The quantitative estimate of drug-likeness (QED) is 0.700. The molecule has 0 amide bonds. The monoisotopic (exact) mass is 428 g/mol. The Bertz CT molecular complexity index is 733. The summed E-state index contributed by atoms with van der Waals surface area (Å²) >= 11 is 12.7. The van der Waals surface area contributed by atoms with Crippen molar-refractivity contribution in [2.45, 2.75) is 51.8 Å². The van der Waals surface area contributed by atoms with E-state index < -0.39 is 0 Å². The molecule has 148 valence electrons. The average Bonchev–Trinajstić information content (AvgIpc) is 3.14. The highest BCUT2D eigenvalue weighted by atomic mass is 35.5. The summed E-state index contributed by atoms with van der Waals surface area (Å²) in [6.07, 6.45) is 5.14. The second kappa shape index (κ2) is 11.0. The molecule has 2 aromatic rings. The lowest BCUT2D eigenvalue weighted by Gasteiger charge is -2.17. The summed E-state index contributed by atoms with van der Waals surface area (Å²) in [5, 5.41) is 4.85. The first kappa shape index (κ1) is 22.2. The zero-order valence-corrected chi connectivity index (χ0v) is 17.7. The lowest BCUT2D eigenvalue weighted by Crippen LogP contribution is -3.00. The maximum Gasteiger partial charge on any atom is 0.180 e. The van der Waals surface area contributed by atoms with E-state index in [2.05, 4.69) is 5.32 Å². The third-order valence-electron chi connectivity index (χ3n) is 4.65. The normalized spacial score (nSPS) is 14.0. The zero-order chi connectivity index (χ0) is 18.4. The minimum Gasteiger partial charge on any atom is -1.00 e. The van der Waals surface area contributed by atoms with E-state index in [4.69, 9.17) is 32.7 Å². The van der Waals surface area contributed by atoms with Crippen LogP contribution < -0.4 is 27.2 Å². The van der Waals surface area contributed by atoms with Crippen LogP contribution in [0.2, 0.25) is 10.0 Å². The van der Waals surface area contributed by atoms with Crippen LogP contribution in [0.25, 0.3) is 0 Å². The topological polar surface area (TPSA) is 30.5 Å². The Balaban J connectivity index is 0.00000261. The van der Waals surface area contributed by atoms with Crippen LogP contribution in [0.1, 0.15) is 43.7 Å². The molecule has 1 fully saturated rings. The first-order valence-corrected chi connectivity index (χ1v) is 9.97. The molecule has 0 radical (unpaired) electrons. The van der Waals surface area contributed by atoms with Gasteiger partial charge in [0.15, 0.2) is 11.5 Å². The summed E-state index contributed by atoms with van der Waals surface area (Å²) in [5.74, 6) is 1.24. The van der Waals surface area contributed by atoms with Gasteiger partial charge in [0.2, 0.25) is 0 Å². The van der Waals surface area contributed by atoms with Crippen LogP contribution in [0.15, 0.2) is 36.4 Å². The molecule has 0 saturated heterocycles. The van der Waals surface area contributed by atoms with Gasteiger partial charge in [-0.1, -0.05) is 54.2 Å². The molecule has 0 atom stereocenters. The highest BCUT2D eigenvalue weighted by molar-refractivity contribution is 6.32. The molecule has 0 heterocycles. The molecule has 3 rings (SSSR count). The number of hydrogen-bond donors (Lipinski definition) is 1. The first-order chi connectivity index (χ1) is 12.7. The highest BCUT2D eigenvalue weighted by Crippen LogP contribution is 2.37. The van der Waals surface area contributed by atoms with E-state index in [9.17, 15) is 0 Å². The van der Waals surface area contributed by atoms with E-state index in [1.807, 2.05) is 43.3 Å². The van der Waals surface area contributed by atoms with Gasteiger partial charge in [-0.2, -0.15) is 0 Å². The molecule has 27 heavy (non-hydrogen) atoms. The molecule has 1 aliphatic rings. The average molecular weight is 430 g/mol. The first-order valence-electron chi connectivity index (χ1n) is 9.22. The molecule has 3 nitrogen and oxygen atoms in total. The minimum absolute atomic E-state index is 0. The van der Waals surface area contributed by atoms with Crippen LogP contribution >= 0.6 is 23.2 Å². The lowest BCUT2D eigenvalue weighted by molar-refractivity contribution is -0.00000597. The highest BCUT2D eigenvalue weighted by Gasteiger charge is 2.16. The smallest absolute Gasteiger partial charge is 0.180 e. The van der Waals surface area contributed by atoms with Crippen LogP contribution in [0.3, 0.4) is 0 Å². The Morgan fingerprint density at radius 2 is 1.78 bits per heavy atom. The van der Waals surface area contributed by atoms with Crippen molar-refractivity contribution in [3.8, 4) is 11.5 Å². The third kappa shape index (κ3) is 6.18. The van der Waals surface area contributed by atoms with Crippen LogP contribution in [0.4, 0.5) is 0 Å². The van der Waals surface area contributed by atoms with Crippen molar-refractivity contribution in [2.75, 3.05) is 6.61 Å². The zero-order valence-electron chi connectivity index (χ0n) is 15.4. The second-order valence-electron chi connectivity index (χ2n) is 6.58. The summed E-state index contributed by atoms with van der Waals surface area (Å²) in [6.45, 7) is 3.64. The van der Waals surface area contributed by atoms with Gasteiger partial charge in [0.25, 0.3) is 0 Å². The largest absolute Gasteiger partial charge is 1.00 e. The molecule has 6 heteroatoms. The van der Waals surface area contributed by atoms with Crippen LogP contribution in [-0.2, 0) is 13.2 Å². The fourth-order valence-corrected chi connectivity index (χ4v) is 3.76. The van der Waals surface area contributed by atoms with Gasteiger partial charge < -0.3 is 27.2 Å². The lowest BCUT2D eigenvalue weighted by atomic mass is 10.1. The van der Waals surface area contributed by atoms with Crippen molar-refractivity contribution < 1.29 is 21.9 Å². The molecule has 0 unspecified atom stereocenters. The van der Waals surface area contributed by atoms with Gasteiger partial charge in [0, 0.05) is 23.2 Å². The molecular weight excluding hydrogens is 405 g/mol. The molecular formula is C21H25Cl3NO2-. The Labute approximate surface area is 177 Å². The number of hydrogen-bond acceptors (Lipinski definition) is 3. The molecule has 0 aliphatic heterocycles. The summed E-state index contributed by atoms with van der Waals surface area (Å²) in [6, 6.07) is 12.2. The summed E-state index contributed by atoms with van der Waals surface area (Å²) in [7, 11) is 0. The second-order valence-corrected chi connectivity index (χ2v) is 7.39. The standard InChI is InChI=1S/C21H25Cl2NO2.ClH/c1-2-25-20-12-15(13-24-17-8-4-5-9-17)11-19(23)21(20)26-14-16-7-3-6-10-18(16)22;/h3,6-7,10-12,17,24H,2,4-5,8-9,13-14H2,1H3;1H/p-1. The van der Waals surface area contributed by atoms with Gasteiger partial charge >= 0.3 is 0 Å². The van der Waals surface area contributed by atoms with E-state index in [1.165, 1.54) is 25.7 Å². The van der Waals surface area contributed by atoms with Gasteiger partial charge in [-0.3, -0.25) is 0 Å².